The number of rotatable bonds is 8. The molecule has 10 heteroatoms. The Hall–Kier alpha value is -0.580. The van der Waals surface area contributed by atoms with Gasteiger partial charge in [-0.1, -0.05) is 0 Å². The molecule has 1 unspecified atom stereocenters. The van der Waals surface area contributed by atoms with E-state index in [1.54, 1.807) is 11.8 Å². The number of benzene rings is 1. The molecule has 1 atom stereocenters. The molecule has 0 spiro atoms. The average Bonchev–Trinajstić information content (AvgIpc) is 2.47. The van der Waals surface area contributed by atoms with Crippen molar-refractivity contribution >= 4 is 15.8 Å². The smallest absolute Gasteiger partial charge is 0.746 e. The van der Waals surface area contributed by atoms with E-state index in [0.29, 0.717) is 12.2 Å². The average molecular weight is 359 g/mol. The van der Waals surface area contributed by atoms with Gasteiger partial charge < -0.3 is 24.0 Å². The minimum atomic E-state index is -4.75. The van der Waals surface area contributed by atoms with E-state index in [4.69, 9.17) is 9.47 Å². The topological polar surface area (TPSA) is 99.1 Å². The van der Waals surface area contributed by atoms with Gasteiger partial charge in [-0.15, -0.1) is 0 Å². The van der Waals surface area contributed by atoms with E-state index in [9.17, 15) is 22.5 Å². The van der Waals surface area contributed by atoms with E-state index < -0.39 is 21.4 Å². The molecule has 0 aromatic heterocycles. The molecule has 1 rings (SSSR count). The van der Waals surface area contributed by atoms with E-state index in [1.807, 2.05) is 0 Å². The second-order valence-corrected chi connectivity index (χ2v) is 6.01. The molecule has 0 fully saturated rings. The number of hydrogen-bond acceptors (Lipinski definition) is 7. The Morgan fingerprint density at radius 1 is 1.30 bits per heavy atom. The van der Waals surface area contributed by atoms with Crippen LogP contribution in [-0.4, -0.2) is 50.8 Å². The van der Waals surface area contributed by atoms with Crippen LogP contribution in [0.2, 0.25) is 0 Å². The Kier molecular flexibility index (Phi) is 9.41. The molecule has 0 aliphatic rings. The van der Waals surface area contributed by atoms with Gasteiger partial charge in [0.25, 0.3) is 0 Å². The Bertz CT molecular complexity index is 587. The standard InChI is InChI=1S/C13H20FNO6S.Na/c1-4-15(6-5-12(16)22(17,18)19)9-7-10(20-2)13(14)11(8-9)21-3;/h7-8,12,16H,4-6H2,1-3H3,(H,17,18,19);/q;+1/p-1. The maximum absolute atomic E-state index is 13.9. The van der Waals surface area contributed by atoms with Gasteiger partial charge in [0.2, 0.25) is 5.82 Å². The predicted octanol–water partition coefficient (Wildman–Crippen LogP) is -2.07. The Morgan fingerprint density at radius 2 is 1.78 bits per heavy atom. The van der Waals surface area contributed by atoms with Crippen molar-refractivity contribution in [3.8, 4) is 11.5 Å². The summed E-state index contributed by atoms with van der Waals surface area (Å²) >= 11 is 0. The molecule has 0 aliphatic carbocycles. The number of aliphatic hydroxyl groups is 1. The van der Waals surface area contributed by atoms with E-state index in [1.165, 1.54) is 26.4 Å². The minimum absolute atomic E-state index is 0. The summed E-state index contributed by atoms with van der Waals surface area (Å²) in [6.45, 7) is 2.33. The first kappa shape index (κ1) is 22.4. The van der Waals surface area contributed by atoms with Crippen LogP contribution in [-0.2, 0) is 10.1 Å². The fourth-order valence-corrected chi connectivity index (χ4v) is 2.31. The summed E-state index contributed by atoms with van der Waals surface area (Å²) in [7, 11) is -2.13. The zero-order valence-electron chi connectivity index (χ0n) is 13.6. The van der Waals surface area contributed by atoms with Crippen LogP contribution in [0, 0.1) is 5.82 Å². The molecular formula is C13H19FNNaO6S. The third-order valence-electron chi connectivity index (χ3n) is 3.16. The molecule has 0 heterocycles. The molecule has 0 saturated heterocycles. The van der Waals surface area contributed by atoms with E-state index in [-0.39, 0.29) is 54.0 Å². The number of halogens is 1. The minimum Gasteiger partial charge on any atom is -0.746 e. The monoisotopic (exact) mass is 359 g/mol. The zero-order valence-corrected chi connectivity index (χ0v) is 16.4. The van der Waals surface area contributed by atoms with Crippen LogP contribution in [0.4, 0.5) is 10.1 Å². The molecule has 0 bridgehead atoms. The Labute approximate surface area is 157 Å². The van der Waals surface area contributed by atoms with Crippen LogP contribution in [0.3, 0.4) is 0 Å². The molecule has 1 aromatic rings. The normalized spacial score (nSPS) is 12.3. The van der Waals surface area contributed by atoms with Gasteiger partial charge in [0.05, 0.1) is 14.2 Å². The van der Waals surface area contributed by atoms with Crippen LogP contribution in [0.25, 0.3) is 0 Å². The van der Waals surface area contributed by atoms with Gasteiger partial charge in [-0.2, -0.15) is 4.39 Å². The van der Waals surface area contributed by atoms with Crippen molar-refractivity contribution < 1.29 is 61.5 Å². The molecule has 0 saturated carbocycles. The van der Waals surface area contributed by atoms with Crippen LogP contribution in [0.5, 0.6) is 11.5 Å². The predicted molar refractivity (Wildman–Crippen MR) is 77.7 cm³/mol. The number of aliphatic hydroxyl groups excluding tert-OH is 1. The van der Waals surface area contributed by atoms with Gasteiger partial charge in [-0.3, -0.25) is 0 Å². The SMILES string of the molecule is CCN(CCC(O)S(=O)(=O)[O-])c1cc(OC)c(F)c(OC)c1.[Na+]. The van der Waals surface area contributed by atoms with Crippen LogP contribution in [0.15, 0.2) is 12.1 Å². The molecule has 1 N–H and O–H groups in total. The van der Waals surface area contributed by atoms with Crippen molar-refractivity contribution in [3.05, 3.63) is 17.9 Å². The van der Waals surface area contributed by atoms with Crippen molar-refractivity contribution in [1.82, 2.24) is 0 Å². The molecule has 1 aromatic carbocycles. The number of methoxy groups -OCH3 is 2. The maximum Gasteiger partial charge on any atom is 1.00 e. The number of anilines is 1. The molecule has 23 heavy (non-hydrogen) atoms. The van der Waals surface area contributed by atoms with Gasteiger partial charge in [0, 0.05) is 37.3 Å². The van der Waals surface area contributed by atoms with Crippen LogP contribution in [0.1, 0.15) is 13.3 Å². The summed E-state index contributed by atoms with van der Waals surface area (Å²) in [6, 6.07) is 2.86. The van der Waals surface area contributed by atoms with Crippen LogP contribution >= 0.6 is 0 Å². The summed E-state index contributed by atoms with van der Waals surface area (Å²) in [5.41, 5.74) is -1.46. The fraction of sp³-hybridized carbons (Fsp3) is 0.538. The van der Waals surface area contributed by atoms with Crippen molar-refractivity contribution in [2.45, 2.75) is 18.8 Å². The first-order chi connectivity index (χ1) is 10.2. The first-order valence-corrected chi connectivity index (χ1v) is 8.01. The second-order valence-electron chi connectivity index (χ2n) is 4.48. The van der Waals surface area contributed by atoms with Crippen LogP contribution < -0.4 is 43.9 Å². The summed E-state index contributed by atoms with van der Waals surface area (Å²) in [6.07, 6.45) is -0.262. The van der Waals surface area contributed by atoms with Crippen molar-refractivity contribution in [2.24, 2.45) is 0 Å². The van der Waals surface area contributed by atoms with Gasteiger partial charge >= 0.3 is 29.6 Å². The molecule has 0 amide bonds. The Morgan fingerprint density at radius 3 is 2.13 bits per heavy atom. The number of nitrogens with zero attached hydrogens (tertiary/aromatic N) is 1. The molecule has 0 radical (unpaired) electrons. The number of hydrogen-bond donors (Lipinski definition) is 1. The molecule has 7 nitrogen and oxygen atoms in total. The number of ether oxygens (including phenoxy) is 2. The van der Waals surface area contributed by atoms with E-state index in [0.717, 1.165) is 0 Å². The van der Waals surface area contributed by atoms with E-state index in [2.05, 4.69) is 0 Å². The largest absolute Gasteiger partial charge is 1.00 e. The molecular weight excluding hydrogens is 340 g/mol. The van der Waals surface area contributed by atoms with Gasteiger partial charge in [-0.25, -0.2) is 8.42 Å². The van der Waals surface area contributed by atoms with Gasteiger partial charge in [0.15, 0.2) is 11.5 Å². The van der Waals surface area contributed by atoms with Gasteiger partial charge in [-0.05, 0) is 6.92 Å². The fourth-order valence-electron chi connectivity index (χ4n) is 1.92. The summed E-state index contributed by atoms with van der Waals surface area (Å²) in [4.78, 5) is 1.67. The third-order valence-corrected chi connectivity index (χ3v) is 4.06. The summed E-state index contributed by atoms with van der Waals surface area (Å²) < 4.78 is 55.8. The summed E-state index contributed by atoms with van der Waals surface area (Å²) in [5.74, 6) is -0.693. The van der Waals surface area contributed by atoms with Crippen molar-refractivity contribution in [1.29, 1.82) is 0 Å². The molecule has 0 aliphatic heterocycles. The Balaban J connectivity index is 0.00000484. The third kappa shape index (κ3) is 6.09. The van der Waals surface area contributed by atoms with Gasteiger partial charge in [0.1, 0.15) is 15.6 Å². The van der Waals surface area contributed by atoms with E-state index >= 15 is 0 Å². The second kappa shape index (κ2) is 9.65. The van der Waals surface area contributed by atoms with Crippen molar-refractivity contribution in [3.63, 3.8) is 0 Å². The maximum atomic E-state index is 13.9. The van der Waals surface area contributed by atoms with Crippen molar-refractivity contribution in [2.75, 3.05) is 32.2 Å². The quantitative estimate of drug-likeness (QED) is 0.420. The summed E-state index contributed by atoms with van der Waals surface area (Å²) in [5, 5.41) is 9.29. The molecule has 126 valence electrons. The zero-order chi connectivity index (χ0) is 16.9. The first-order valence-electron chi connectivity index (χ1n) is 6.53.